The molecular formula is C36H32ClF5N10O5. The van der Waals surface area contributed by atoms with E-state index in [2.05, 4.69) is 25.4 Å². The van der Waals surface area contributed by atoms with Crippen LogP contribution in [0, 0.1) is 0 Å². The van der Waals surface area contributed by atoms with Gasteiger partial charge in [0.25, 0.3) is 17.4 Å². The molecule has 0 unspecified atom stereocenters. The Morgan fingerprint density at radius 1 is 1.00 bits per heavy atom. The molecule has 57 heavy (non-hydrogen) atoms. The minimum absolute atomic E-state index is 0.0323. The van der Waals surface area contributed by atoms with Crippen LogP contribution in [0.2, 0.25) is 5.02 Å². The van der Waals surface area contributed by atoms with Crippen LogP contribution < -0.4 is 20.7 Å². The highest BCUT2D eigenvalue weighted by molar-refractivity contribution is 6.33. The minimum atomic E-state index is -4.64. The number of hydrogen-bond acceptors (Lipinski definition) is 11. The van der Waals surface area contributed by atoms with E-state index in [0.717, 1.165) is 39.0 Å². The number of amides is 2. The highest BCUT2D eigenvalue weighted by Gasteiger charge is 2.46. The molecule has 2 aromatic carbocycles. The van der Waals surface area contributed by atoms with Crippen molar-refractivity contribution in [3.05, 3.63) is 86.2 Å². The van der Waals surface area contributed by atoms with Crippen LogP contribution in [0.15, 0.2) is 47.5 Å². The molecule has 0 bridgehead atoms. The third kappa shape index (κ3) is 7.07. The van der Waals surface area contributed by atoms with Gasteiger partial charge in [0.1, 0.15) is 18.6 Å². The molecule has 21 heteroatoms. The van der Waals surface area contributed by atoms with Crippen molar-refractivity contribution in [2.45, 2.75) is 45.2 Å². The van der Waals surface area contributed by atoms with Crippen molar-refractivity contribution in [2.24, 2.45) is 0 Å². The van der Waals surface area contributed by atoms with Crippen LogP contribution >= 0.6 is 11.6 Å². The van der Waals surface area contributed by atoms with Crippen molar-refractivity contribution in [3.63, 3.8) is 0 Å². The van der Waals surface area contributed by atoms with E-state index in [4.69, 9.17) is 16.3 Å². The SMILES string of the molecule is CCc1c(N2CCN(C(=O)c3ncnc(N4CC(F)(F)C4)c3O)CC2)c(=O)n2nc(-c3ccc4c(c3)COC4)nc2n1CC(=O)Nc1ccc(C(F)(F)F)cc1Cl. The maximum absolute atomic E-state index is 14.4. The summed E-state index contributed by atoms with van der Waals surface area (Å²) in [6.07, 6.45) is -3.40. The molecule has 298 valence electrons. The van der Waals surface area contributed by atoms with Gasteiger partial charge in [-0.2, -0.15) is 22.7 Å². The summed E-state index contributed by atoms with van der Waals surface area (Å²) in [5, 5.41) is 17.6. The third-order valence-corrected chi connectivity index (χ3v) is 10.4. The van der Waals surface area contributed by atoms with Crippen LogP contribution in [-0.4, -0.2) is 96.1 Å². The topological polar surface area (TPSA) is 163 Å². The first-order valence-electron chi connectivity index (χ1n) is 17.7. The Morgan fingerprint density at radius 3 is 2.42 bits per heavy atom. The molecule has 15 nitrogen and oxygen atoms in total. The maximum Gasteiger partial charge on any atom is 0.416 e. The number of fused-ring (bicyclic) bond motifs is 2. The Bertz CT molecular complexity index is 2490. The normalized spacial score (nSPS) is 16.5. The Hall–Kier alpha value is -5.89. The largest absolute Gasteiger partial charge is 0.503 e. The van der Waals surface area contributed by atoms with Gasteiger partial charge in [0.2, 0.25) is 11.7 Å². The summed E-state index contributed by atoms with van der Waals surface area (Å²) in [6, 6.07) is 8.09. The fraction of sp³-hybridized carbons (Fsp3) is 0.361. The van der Waals surface area contributed by atoms with Gasteiger partial charge in [-0.15, -0.1) is 5.10 Å². The van der Waals surface area contributed by atoms with Crippen LogP contribution in [0.3, 0.4) is 0 Å². The molecule has 5 aromatic rings. The number of ether oxygens (including phenoxy) is 1. The van der Waals surface area contributed by atoms with Crippen LogP contribution in [0.4, 0.5) is 39.1 Å². The number of rotatable bonds is 8. The molecule has 2 fully saturated rings. The first-order chi connectivity index (χ1) is 27.1. The summed E-state index contributed by atoms with van der Waals surface area (Å²) in [7, 11) is 0. The predicted molar refractivity (Wildman–Crippen MR) is 195 cm³/mol. The van der Waals surface area contributed by atoms with Crippen LogP contribution in [-0.2, 0) is 41.9 Å². The Balaban J connectivity index is 1.11. The van der Waals surface area contributed by atoms with E-state index < -0.39 is 60.4 Å². The van der Waals surface area contributed by atoms with E-state index in [-0.39, 0.29) is 72.1 Å². The van der Waals surface area contributed by atoms with Gasteiger partial charge < -0.3 is 34.4 Å². The second-order valence-electron chi connectivity index (χ2n) is 13.8. The maximum atomic E-state index is 14.4. The van der Waals surface area contributed by atoms with Crippen LogP contribution in [0.1, 0.15) is 39.8 Å². The number of alkyl halides is 5. The molecule has 0 spiro atoms. The molecule has 3 aromatic heterocycles. The number of aromatic nitrogens is 6. The van der Waals surface area contributed by atoms with Crippen molar-refractivity contribution in [1.29, 1.82) is 0 Å². The fourth-order valence-corrected chi connectivity index (χ4v) is 7.42. The summed E-state index contributed by atoms with van der Waals surface area (Å²) in [5.41, 5.74) is 1.17. The standard InChI is InChI=1S/C36H32ClF5N10O5/c1-2-25-28(48-7-9-49(10-8-48)32(55)27-29(54)31(44-18-43-27)50-16-35(38,39)17-50)33(56)52-34(46-30(47-52)19-3-4-20-14-57-15-21(20)11-19)51(25)13-26(53)45-24-6-5-22(12-23(24)37)36(40,41)42/h3-6,11-12,18,54H,2,7-10,13-17H2,1H3,(H,45,53). The number of aromatic hydroxyl groups is 1. The highest BCUT2D eigenvalue weighted by Crippen LogP contribution is 2.37. The van der Waals surface area contributed by atoms with Crippen molar-refractivity contribution < 1.29 is 41.4 Å². The number of halogens is 6. The zero-order valence-electron chi connectivity index (χ0n) is 30.0. The lowest BCUT2D eigenvalue weighted by Crippen LogP contribution is -2.56. The van der Waals surface area contributed by atoms with E-state index in [1.807, 2.05) is 12.1 Å². The van der Waals surface area contributed by atoms with Gasteiger partial charge in [0, 0.05) is 31.7 Å². The second-order valence-corrected chi connectivity index (χ2v) is 14.2. The van der Waals surface area contributed by atoms with E-state index in [1.54, 1.807) is 17.9 Å². The molecule has 3 aliphatic heterocycles. The minimum Gasteiger partial charge on any atom is -0.503 e. The summed E-state index contributed by atoms with van der Waals surface area (Å²) in [5.74, 6) is -4.84. The van der Waals surface area contributed by atoms with E-state index in [9.17, 15) is 41.4 Å². The summed E-state index contributed by atoms with van der Waals surface area (Å²) in [4.78, 5) is 58.3. The molecule has 3 aliphatic rings. The zero-order valence-corrected chi connectivity index (χ0v) is 30.7. The lowest BCUT2D eigenvalue weighted by molar-refractivity contribution is -0.137. The van der Waals surface area contributed by atoms with Crippen LogP contribution in [0.5, 0.6) is 5.75 Å². The van der Waals surface area contributed by atoms with Gasteiger partial charge in [-0.05, 0) is 41.8 Å². The molecule has 0 radical (unpaired) electrons. The van der Waals surface area contributed by atoms with E-state index in [0.29, 0.717) is 30.5 Å². The average Bonchev–Trinajstić information content (AvgIpc) is 3.83. The Labute approximate surface area is 324 Å². The lowest BCUT2D eigenvalue weighted by Gasteiger charge is -2.40. The molecule has 0 saturated carbocycles. The number of carbonyl (C=O) groups excluding carboxylic acids is 2. The van der Waals surface area contributed by atoms with Gasteiger partial charge in [0.05, 0.1) is 48.3 Å². The number of carbonyl (C=O) groups is 2. The predicted octanol–water partition coefficient (Wildman–Crippen LogP) is 4.37. The Morgan fingerprint density at radius 2 is 1.74 bits per heavy atom. The molecular weight excluding hydrogens is 783 g/mol. The smallest absolute Gasteiger partial charge is 0.416 e. The molecule has 2 saturated heterocycles. The second kappa shape index (κ2) is 14.2. The number of anilines is 3. The molecule has 6 heterocycles. The highest BCUT2D eigenvalue weighted by atomic mass is 35.5. The monoisotopic (exact) mass is 814 g/mol. The van der Waals surface area contributed by atoms with Crippen molar-refractivity contribution >= 4 is 46.4 Å². The molecule has 0 atom stereocenters. The van der Waals surface area contributed by atoms with Crippen molar-refractivity contribution in [2.75, 3.05) is 54.4 Å². The van der Waals surface area contributed by atoms with Gasteiger partial charge in [-0.1, -0.05) is 30.7 Å². The van der Waals surface area contributed by atoms with E-state index >= 15 is 0 Å². The molecule has 2 N–H and O–H groups in total. The summed E-state index contributed by atoms with van der Waals surface area (Å²) < 4.78 is 75.0. The summed E-state index contributed by atoms with van der Waals surface area (Å²) in [6.45, 7) is 1.23. The van der Waals surface area contributed by atoms with Gasteiger partial charge in [0.15, 0.2) is 23.1 Å². The fourth-order valence-electron chi connectivity index (χ4n) is 7.19. The summed E-state index contributed by atoms with van der Waals surface area (Å²) >= 11 is 6.13. The first kappa shape index (κ1) is 38.0. The third-order valence-electron chi connectivity index (χ3n) is 10.0. The lowest BCUT2D eigenvalue weighted by atomic mass is 10.1. The number of benzene rings is 2. The van der Waals surface area contributed by atoms with Crippen molar-refractivity contribution in [3.8, 4) is 17.1 Å². The van der Waals surface area contributed by atoms with Crippen molar-refractivity contribution in [1.82, 2.24) is 34.0 Å². The van der Waals surface area contributed by atoms with Gasteiger partial charge in [-0.3, -0.25) is 14.4 Å². The number of hydrogen-bond donors (Lipinski definition) is 2. The zero-order chi connectivity index (χ0) is 40.4. The number of nitrogens with zero attached hydrogens (tertiary/aromatic N) is 9. The molecule has 0 aliphatic carbocycles. The van der Waals surface area contributed by atoms with E-state index in [1.165, 1.54) is 9.47 Å². The quantitative estimate of drug-likeness (QED) is 0.214. The Kier molecular flexibility index (Phi) is 9.50. The van der Waals surface area contributed by atoms with Gasteiger partial charge >= 0.3 is 6.18 Å². The molecule has 8 rings (SSSR count). The average molecular weight is 815 g/mol. The molecule has 2 amide bonds. The number of piperazine rings is 1. The number of nitrogens with one attached hydrogen (secondary N) is 1. The van der Waals surface area contributed by atoms with Crippen LogP contribution in [0.25, 0.3) is 17.2 Å². The van der Waals surface area contributed by atoms with Gasteiger partial charge in [-0.25, -0.2) is 18.7 Å². The first-order valence-corrected chi connectivity index (χ1v) is 18.1.